The fourth-order valence-electron chi connectivity index (χ4n) is 1.85. The summed E-state index contributed by atoms with van der Waals surface area (Å²) in [6.45, 7) is 9.27. The van der Waals surface area contributed by atoms with Crippen molar-refractivity contribution < 1.29 is 0 Å². The van der Waals surface area contributed by atoms with Crippen molar-refractivity contribution in [3.63, 3.8) is 0 Å². The standard InChI is InChI=1S/C14H20N4/c1-10(2)15-8-13-9-16-17-18(13)14-7-5-6-11(3)12(14)4/h5-7,9-10,15H,8H2,1-4H3. The summed E-state index contributed by atoms with van der Waals surface area (Å²) in [5.74, 6) is 0. The molecule has 18 heavy (non-hydrogen) atoms. The molecule has 0 saturated carbocycles. The van der Waals surface area contributed by atoms with Crippen LogP contribution in [0.4, 0.5) is 0 Å². The van der Waals surface area contributed by atoms with Crippen LogP contribution >= 0.6 is 0 Å². The molecule has 2 rings (SSSR count). The summed E-state index contributed by atoms with van der Waals surface area (Å²) in [5, 5.41) is 11.6. The number of aryl methyl sites for hydroxylation is 1. The third kappa shape index (κ3) is 2.59. The van der Waals surface area contributed by atoms with Gasteiger partial charge in [0.1, 0.15) is 0 Å². The number of nitrogens with zero attached hydrogens (tertiary/aromatic N) is 3. The number of hydrogen-bond donors (Lipinski definition) is 1. The molecule has 96 valence electrons. The van der Waals surface area contributed by atoms with E-state index in [-0.39, 0.29) is 0 Å². The molecule has 4 heteroatoms. The average molecular weight is 244 g/mol. The second-order valence-electron chi connectivity index (χ2n) is 4.89. The number of aromatic nitrogens is 3. The predicted octanol–water partition coefficient (Wildman–Crippen LogP) is 2.38. The minimum atomic E-state index is 0.451. The molecule has 0 amide bonds. The smallest absolute Gasteiger partial charge is 0.0783 e. The van der Waals surface area contributed by atoms with Crippen molar-refractivity contribution >= 4 is 0 Å². The molecule has 0 aliphatic heterocycles. The fourth-order valence-corrected chi connectivity index (χ4v) is 1.85. The first-order valence-electron chi connectivity index (χ1n) is 6.29. The molecule has 0 radical (unpaired) electrons. The molecule has 2 aromatic rings. The molecule has 0 atom stereocenters. The maximum atomic E-state index is 4.19. The zero-order valence-corrected chi connectivity index (χ0v) is 11.4. The van der Waals surface area contributed by atoms with Crippen LogP contribution in [-0.4, -0.2) is 21.0 Å². The fraction of sp³-hybridized carbons (Fsp3) is 0.429. The molecule has 0 spiro atoms. The molecule has 0 saturated heterocycles. The van der Waals surface area contributed by atoms with Crippen molar-refractivity contribution in [3.8, 4) is 5.69 Å². The number of nitrogens with one attached hydrogen (secondary N) is 1. The highest BCUT2D eigenvalue weighted by Crippen LogP contribution is 2.17. The summed E-state index contributed by atoms with van der Waals surface area (Å²) in [6.07, 6.45) is 1.82. The van der Waals surface area contributed by atoms with Gasteiger partial charge in [0.15, 0.2) is 0 Å². The minimum Gasteiger partial charge on any atom is -0.309 e. The molecule has 0 bridgehead atoms. The van der Waals surface area contributed by atoms with Crippen LogP contribution in [0.15, 0.2) is 24.4 Å². The van der Waals surface area contributed by atoms with Crippen molar-refractivity contribution in [1.82, 2.24) is 20.3 Å². The van der Waals surface area contributed by atoms with Gasteiger partial charge in [0, 0.05) is 12.6 Å². The Kier molecular flexibility index (Phi) is 3.77. The molecular weight excluding hydrogens is 224 g/mol. The van der Waals surface area contributed by atoms with E-state index in [1.165, 1.54) is 11.1 Å². The van der Waals surface area contributed by atoms with Crippen molar-refractivity contribution in [1.29, 1.82) is 0 Å². The van der Waals surface area contributed by atoms with Gasteiger partial charge in [0.2, 0.25) is 0 Å². The molecule has 0 aliphatic rings. The van der Waals surface area contributed by atoms with E-state index in [0.29, 0.717) is 6.04 Å². The summed E-state index contributed by atoms with van der Waals surface area (Å²) in [6, 6.07) is 6.70. The average Bonchev–Trinajstić information content (AvgIpc) is 2.78. The highest BCUT2D eigenvalue weighted by molar-refractivity contribution is 5.44. The first-order valence-corrected chi connectivity index (χ1v) is 6.29. The molecular formula is C14H20N4. The summed E-state index contributed by atoms with van der Waals surface area (Å²) >= 11 is 0. The van der Waals surface area contributed by atoms with E-state index in [1.807, 2.05) is 10.9 Å². The third-order valence-corrected chi connectivity index (χ3v) is 3.12. The molecule has 1 N–H and O–H groups in total. The molecule has 1 heterocycles. The Morgan fingerprint density at radius 2 is 2.06 bits per heavy atom. The Morgan fingerprint density at radius 3 is 2.78 bits per heavy atom. The van der Waals surface area contributed by atoms with Gasteiger partial charge in [0.05, 0.1) is 17.6 Å². The molecule has 0 aliphatic carbocycles. The van der Waals surface area contributed by atoms with E-state index >= 15 is 0 Å². The zero-order chi connectivity index (χ0) is 13.1. The molecule has 0 unspecified atom stereocenters. The molecule has 4 nitrogen and oxygen atoms in total. The van der Waals surface area contributed by atoms with Gasteiger partial charge < -0.3 is 5.32 Å². The van der Waals surface area contributed by atoms with E-state index < -0.39 is 0 Å². The summed E-state index contributed by atoms with van der Waals surface area (Å²) < 4.78 is 1.91. The minimum absolute atomic E-state index is 0.451. The lowest BCUT2D eigenvalue weighted by molar-refractivity contribution is 0.570. The third-order valence-electron chi connectivity index (χ3n) is 3.12. The second-order valence-corrected chi connectivity index (χ2v) is 4.89. The number of rotatable bonds is 4. The normalized spacial score (nSPS) is 11.2. The summed E-state index contributed by atoms with van der Waals surface area (Å²) in [7, 11) is 0. The first kappa shape index (κ1) is 12.8. The summed E-state index contributed by atoms with van der Waals surface area (Å²) in [5.41, 5.74) is 4.70. The van der Waals surface area contributed by atoms with Gasteiger partial charge in [-0.2, -0.15) is 0 Å². The zero-order valence-electron chi connectivity index (χ0n) is 11.4. The Bertz CT molecular complexity index is 528. The van der Waals surface area contributed by atoms with E-state index in [4.69, 9.17) is 0 Å². The van der Waals surface area contributed by atoms with Gasteiger partial charge in [-0.05, 0) is 31.0 Å². The van der Waals surface area contributed by atoms with Crippen LogP contribution in [0.1, 0.15) is 30.7 Å². The van der Waals surface area contributed by atoms with Gasteiger partial charge >= 0.3 is 0 Å². The van der Waals surface area contributed by atoms with E-state index in [9.17, 15) is 0 Å². The Balaban J connectivity index is 2.33. The van der Waals surface area contributed by atoms with Gasteiger partial charge in [-0.1, -0.05) is 31.2 Å². The van der Waals surface area contributed by atoms with Crippen molar-refractivity contribution in [2.45, 2.75) is 40.3 Å². The van der Waals surface area contributed by atoms with Crippen LogP contribution < -0.4 is 5.32 Å². The largest absolute Gasteiger partial charge is 0.309 e. The SMILES string of the molecule is Cc1cccc(-n2nncc2CNC(C)C)c1C. The van der Waals surface area contributed by atoms with Gasteiger partial charge in [0.25, 0.3) is 0 Å². The second kappa shape index (κ2) is 5.31. The molecule has 0 fully saturated rings. The van der Waals surface area contributed by atoms with Crippen molar-refractivity contribution in [2.24, 2.45) is 0 Å². The van der Waals surface area contributed by atoms with Gasteiger partial charge in [-0.25, -0.2) is 4.68 Å². The maximum Gasteiger partial charge on any atom is 0.0783 e. The van der Waals surface area contributed by atoms with Crippen LogP contribution in [0.5, 0.6) is 0 Å². The lowest BCUT2D eigenvalue weighted by atomic mass is 10.1. The van der Waals surface area contributed by atoms with Crippen molar-refractivity contribution in [3.05, 3.63) is 41.2 Å². The number of benzene rings is 1. The Morgan fingerprint density at radius 1 is 1.28 bits per heavy atom. The highest BCUT2D eigenvalue weighted by Gasteiger charge is 2.09. The first-order chi connectivity index (χ1) is 8.59. The van der Waals surface area contributed by atoms with E-state index in [1.54, 1.807) is 0 Å². The molecule has 1 aromatic carbocycles. The van der Waals surface area contributed by atoms with Crippen molar-refractivity contribution in [2.75, 3.05) is 0 Å². The topological polar surface area (TPSA) is 42.7 Å². The van der Waals surface area contributed by atoms with Crippen LogP contribution in [0, 0.1) is 13.8 Å². The van der Waals surface area contributed by atoms with Crippen LogP contribution in [0.2, 0.25) is 0 Å². The van der Waals surface area contributed by atoms with Crippen LogP contribution in [0.3, 0.4) is 0 Å². The van der Waals surface area contributed by atoms with Crippen LogP contribution in [0.25, 0.3) is 5.69 Å². The predicted molar refractivity (Wildman–Crippen MR) is 72.8 cm³/mol. The lowest BCUT2D eigenvalue weighted by Gasteiger charge is -2.12. The van der Waals surface area contributed by atoms with Gasteiger partial charge in [-0.15, -0.1) is 5.10 Å². The maximum absolute atomic E-state index is 4.19. The Hall–Kier alpha value is -1.68. The van der Waals surface area contributed by atoms with Crippen LogP contribution in [-0.2, 0) is 6.54 Å². The monoisotopic (exact) mass is 244 g/mol. The van der Waals surface area contributed by atoms with E-state index in [2.05, 4.69) is 61.5 Å². The van der Waals surface area contributed by atoms with E-state index in [0.717, 1.165) is 17.9 Å². The summed E-state index contributed by atoms with van der Waals surface area (Å²) in [4.78, 5) is 0. The quantitative estimate of drug-likeness (QED) is 0.898. The Labute approximate surface area is 108 Å². The molecule has 1 aromatic heterocycles. The number of hydrogen-bond acceptors (Lipinski definition) is 3. The highest BCUT2D eigenvalue weighted by atomic mass is 15.4. The lowest BCUT2D eigenvalue weighted by Crippen LogP contribution is -2.23. The van der Waals surface area contributed by atoms with Gasteiger partial charge in [-0.3, -0.25) is 0 Å².